The number of anilines is 1. The molecule has 3 heterocycles. The van der Waals surface area contributed by atoms with Gasteiger partial charge in [0, 0.05) is 24.1 Å². The van der Waals surface area contributed by atoms with Crippen LogP contribution < -0.4 is 5.32 Å². The molecule has 2 bridgehead atoms. The van der Waals surface area contributed by atoms with E-state index in [0.29, 0.717) is 15.7 Å². The van der Waals surface area contributed by atoms with Crippen LogP contribution in [-0.4, -0.2) is 22.0 Å². The molecule has 118 valence electrons. The third-order valence-electron chi connectivity index (χ3n) is 4.66. The number of aromatic nitrogens is 1. The molecule has 0 unspecified atom stereocenters. The minimum atomic E-state index is -0.0849. The molecule has 2 atom stereocenters. The minimum Gasteiger partial charge on any atom is -0.314 e. The lowest BCUT2D eigenvalue weighted by atomic mass is 9.95. The van der Waals surface area contributed by atoms with Gasteiger partial charge < -0.3 is 10.2 Å². The molecule has 2 aromatic rings. The van der Waals surface area contributed by atoms with E-state index in [4.69, 9.17) is 23.2 Å². The molecule has 6 heteroatoms. The second kappa shape index (κ2) is 5.69. The zero-order valence-corrected chi connectivity index (χ0v) is 13.8. The number of halogens is 2. The number of fused-ring (bicyclic) bond motifs is 4. The number of nitrogens with zero attached hydrogens (tertiary/aromatic N) is 2. The highest BCUT2D eigenvalue weighted by Crippen LogP contribution is 2.43. The van der Waals surface area contributed by atoms with Crippen LogP contribution in [0.1, 0.15) is 30.0 Å². The van der Waals surface area contributed by atoms with Crippen LogP contribution in [0, 0.1) is 0 Å². The minimum absolute atomic E-state index is 0.0849. The van der Waals surface area contributed by atoms with E-state index < -0.39 is 0 Å². The summed E-state index contributed by atoms with van der Waals surface area (Å²) in [5.41, 5.74) is 3.14. The van der Waals surface area contributed by atoms with Crippen molar-refractivity contribution in [2.75, 3.05) is 5.32 Å². The lowest BCUT2D eigenvalue weighted by molar-refractivity contribution is 0.179. The highest BCUT2D eigenvalue weighted by molar-refractivity contribution is 6.42. The van der Waals surface area contributed by atoms with E-state index in [1.807, 2.05) is 17.2 Å². The lowest BCUT2D eigenvalue weighted by Gasteiger charge is -2.36. The molecular weight excluding hydrogens is 333 g/mol. The molecule has 2 aliphatic heterocycles. The fourth-order valence-corrected chi connectivity index (χ4v) is 3.94. The summed E-state index contributed by atoms with van der Waals surface area (Å²) in [5.74, 6) is 0. The molecule has 0 aliphatic carbocycles. The van der Waals surface area contributed by atoms with Crippen LogP contribution in [0.15, 0.2) is 36.7 Å². The summed E-state index contributed by atoms with van der Waals surface area (Å²) < 4.78 is 0. The van der Waals surface area contributed by atoms with Crippen molar-refractivity contribution in [1.82, 2.24) is 9.88 Å². The summed E-state index contributed by atoms with van der Waals surface area (Å²) in [6, 6.07) is 7.43. The lowest BCUT2D eigenvalue weighted by Crippen LogP contribution is -2.44. The van der Waals surface area contributed by atoms with Gasteiger partial charge in [-0.15, -0.1) is 0 Å². The molecule has 0 radical (unpaired) electrons. The fraction of sp³-hybridized carbons (Fsp3) is 0.294. The molecule has 23 heavy (non-hydrogen) atoms. The van der Waals surface area contributed by atoms with Crippen LogP contribution in [0.4, 0.5) is 10.5 Å². The van der Waals surface area contributed by atoms with E-state index in [1.165, 1.54) is 11.1 Å². The maximum Gasteiger partial charge on any atom is 0.322 e. The number of benzene rings is 1. The first-order valence-corrected chi connectivity index (χ1v) is 8.36. The Kier molecular flexibility index (Phi) is 3.66. The monoisotopic (exact) mass is 347 g/mol. The van der Waals surface area contributed by atoms with Crippen molar-refractivity contribution in [2.24, 2.45) is 0 Å². The number of urea groups is 1. The Morgan fingerprint density at radius 2 is 2.09 bits per heavy atom. The molecule has 4 rings (SSSR count). The van der Waals surface area contributed by atoms with Crippen LogP contribution in [0.2, 0.25) is 10.0 Å². The fourth-order valence-electron chi connectivity index (χ4n) is 3.65. The van der Waals surface area contributed by atoms with Crippen molar-refractivity contribution in [2.45, 2.75) is 31.3 Å². The van der Waals surface area contributed by atoms with Crippen LogP contribution >= 0.6 is 23.2 Å². The maximum absolute atomic E-state index is 12.8. The maximum atomic E-state index is 12.8. The summed E-state index contributed by atoms with van der Waals surface area (Å²) in [6.45, 7) is 0. The van der Waals surface area contributed by atoms with E-state index >= 15 is 0 Å². The van der Waals surface area contributed by atoms with Crippen molar-refractivity contribution < 1.29 is 4.79 Å². The zero-order chi connectivity index (χ0) is 16.0. The Morgan fingerprint density at radius 3 is 2.91 bits per heavy atom. The average molecular weight is 348 g/mol. The average Bonchev–Trinajstić information content (AvgIpc) is 2.86. The second-order valence-electron chi connectivity index (χ2n) is 5.99. The summed E-state index contributed by atoms with van der Waals surface area (Å²) in [7, 11) is 0. The Hall–Kier alpha value is -1.78. The van der Waals surface area contributed by atoms with Gasteiger partial charge in [-0.05, 0) is 54.7 Å². The first-order chi connectivity index (χ1) is 11.1. The number of pyridine rings is 1. The van der Waals surface area contributed by atoms with Gasteiger partial charge in [0.2, 0.25) is 0 Å². The highest BCUT2D eigenvalue weighted by atomic mass is 35.5. The van der Waals surface area contributed by atoms with Crippen molar-refractivity contribution in [3.8, 4) is 0 Å². The van der Waals surface area contributed by atoms with Gasteiger partial charge in [0.25, 0.3) is 0 Å². The summed E-state index contributed by atoms with van der Waals surface area (Å²) >= 11 is 11.9. The van der Waals surface area contributed by atoms with E-state index in [9.17, 15) is 4.79 Å². The highest BCUT2D eigenvalue weighted by Gasteiger charge is 2.42. The topological polar surface area (TPSA) is 45.2 Å². The quantitative estimate of drug-likeness (QED) is 0.813. The molecule has 0 spiro atoms. The number of hydrogen-bond donors (Lipinski definition) is 1. The first kappa shape index (κ1) is 14.8. The third-order valence-corrected chi connectivity index (χ3v) is 5.40. The predicted octanol–water partition coefficient (Wildman–Crippen LogP) is 4.68. The van der Waals surface area contributed by atoms with Gasteiger partial charge in [-0.2, -0.15) is 0 Å². The van der Waals surface area contributed by atoms with Gasteiger partial charge >= 0.3 is 6.03 Å². The normalized spacial score (nSPS) is 21.9. The SMILES string of the molecule is O=C(Nc1ccc(Cl)c(Cl)c1)N1[C@H]2CC[C@@H]1c1ccncc1C2. The van der Waals surface area contributed by atoms with Crippen molar-refractivity contribution in [3.63, 3.8) is 0 Å². The molecule has 2 aliphatic rings. The molecule has 1 aromatic heterocycles. The van der Waals surface area contributed by atoms with Crippen LogP contribution in [0.5, 0.6) is 0 Å². The Bertz CT molecular complexity index is 780. The van der Waals surface area contributed by atoms with Crippen molar-refractivity contribution in [3.05, 3.63) is 57.8 Å². The van der Waals surface area contributed by atoms with Gasteiger partial charge in [-0.3, -0.25) is 4.98 Å². The van der Waals surface area contributed by atoms with Crippen LogP contribution in [0.3, 0.4) is 0 Å². The standard InChI is InChI=1S/C17H15Cl2N3O/c18-14-3-1-11(8-15(14)19)21-17(23)22-12-2-4-16(22)13-5-6-20-9-10(13)7-12/h1,3,5-6,8-9,12,16H,2,4,7H2,(H,21,23)/t12-,16+/m0/s1. The van der Waals surface area contributed by atoms with Gasteiger partial charge in [0.1, 0.15) is 0 Å². The Labute approximate surface area is 144 Å². The Balaban J connectivity index is 1.59. The van der Waals surface area contributed by atoms with E-state index in [0.717, 1.165) is 19.3 Å². The summed E-state index contributed by atoms with van der Waals surface area (Å²) in [6.07, 6.45) is 6.61. The number of carbonyl (C=O) groups is 1. The summed E-state index contributed by atoms with van der Waals surface area (Å²) in [4.78, 5) is 18.9. The van der Waals surface area contributed by atoms with E-state index in [2.05, 4.69) is 10.3 Å². The third kappa shape index (κ3) is 2.56. The predicted molar refractivity (Wildman–Crippen MR) is 91.0 cm³/mol. The molecule has 2 amide bonds. The Morgan fingerprint density at radius 1 is 1.22 bits per heavy atom. The molecule has 1 fully saturated rings. The van der Waals surface area contributed by atoms with Crippen LogP contribution in [-0.2, 0) is 6.42 Å². The second-order valence-corrected chi connectivity index (χ2v) is 6.81. The zero-order valence-electron chi connectivity index (χ0n) is 12.3. The van der Waals surface area contributed by atoms with Crippen LogP contribution in [0.25, 0.3) is 0 Å². The van der Waals surface area contributed by atoms with Crippen molar-refractivity contribution in [1.29, 1.82) is 0 Å². The molecule has 1 N–H and O–H groups in total. The smallest absolute Gasteiger partial charge is 0.314 e. The molecule has 0 saturated carbocycles. The van der Waals surface area contributed by atoms with Gasteiger partial charge in [-0.25, -0.2) is 4.79 Å². The molecular formula is C17H15Cl2N3O. The van der Waals surface area contributed by atoms with Gasteiger partial charge in [0.15, 0.2) is 0 Å². The van der Waals surface area contributed by atoms with Gasteiger partial charge in [-0.1, -0.05) is 23.2 Å². The number of hydrogen-bond acceptors (Lipinski definition) is 2. The molecule has 1 saturated heterocycles. The van der Waals surface area contributed by atoms with Crippen molar-refractivity contribution >= 4 is 34.9 Å². The summed E-state index contributed by atoms with van der Waals surface area (Å²) in [5, 5.41) is 3.85. The first-order valence-electron chi connectivity index (χ1n) is 7.60. The van der Waals surface area contributed by atoms with Gasteiger partial charge in [0.05, 0.1) is 16.1 Å². The number of carbonyl (C=O) groups excluding carboxylic acids is 1. The van der Waals surface area contributed by atoms with E-state index in [-0.39, 0.29) is 18.1 Å². The number of rotatable bonds is 1. The number of amides is 2. The number of nitrogens with one attached hydrogen (secondary N) is 1. The molecule has 4 nitrogen and oxygen atoms in total. The van der Waals surface area contributed by atoms with E-state index in [1.54, 1.807) is 24.4 Å². The molecule has 1 aromatic carbocycles. The largest absolute Gasteiger partial charge is 0.322 e.